The number of carbonyl (C=O) groups excluding carboxylic acids is 1. The molecule has 2 bridgehead atoms. The van der Waals surface area contributed by atoms with Gasteiger partial charge in [-0.25, -0.2) is 0 Å². The summed E-state index contributed by atoms with van der Waals surface area (Å²) in [4.78, 5) is 13.5. The van der Waals surface area contributed by atoms with Crippen molar-refractivity contribution < 1.29 is 14.6 Å². The van der Waals surface area contributed by atoms with E-state index in [4.69, 9.17) is 4.74 Å². The summed E-state index contributed by atoms with van der Waals surface area (Å²) in [5.74, 6) is 0.464. The number of fused-ring (bicyclic) bond motifs is 5. The topological polar surface area (TPSA) is 46.5 Å². The molecule has 0 unspecified atom stereocenters. The van der Waals surface area contributed by atoms with Crippen molar-refractivity contribution >= 4 is 23.1 Å². The molecule has 3 aliphatic rings. The third kappa shape index (κ3) is 2.42. The number of thioether (sulfide) groups is 1. The van der Waals surface area contributed by atoms with Gasteiger partial charge in [0.05, 0.1) is 23.5 Å². The number of ether oxygens (including phenoxy) is 1. The lowest BCUT2D eigenvalue weighted by Gasteiger charge is -2.29. The Morgan fingerprint density at radius 2 is 1.88 bits per heavy atom. The van der Waals surface area contributed by atoms with Gasteiger partial charge in [-0.1, -0.05) is 43.7 Å². The summed E-state index contributed by atoms with van der Waals surface area (Å²) >= 11 is 1.81. The third-order valence-corrected chi connectivity index (χ3v) is 7.12. The Morgan fingerprint density at radius 1 is 1.23 bits per heavy atom. The van der Waals surface area contributed by atoms with Crippen LogP contribution in [0.25, 0.3) is 5.57 Å². The molecule has 4 heteroatoms. The SMILES string of the molecule is Cc1cc(C)c(C2=C(O)[C@H]3[C@@H]4C=C[C@@](CSC(C)C)(O4)[C@H]3C2=O)c(C)c1. The van der Waals surface area contributed by atoms with E-state index < -0.39 is 5.60 Å². The normalized spacial score (nSPS) is 32.2. The molecule has 1 aromatic rings. The zero-order chi connectivity index (χ0) is 18.8. The van der Waals surface area contributed by atoms with Crippen LogP contribution in [0.5, 0.6) is 0 Å². The van der Waals surface area contributed by atoms with E-state index in [1.165, 1.54) is 5.56 Å². The maximum Gasteiger partial charge on any atom is 0.174 e. The third-order valence-electron chi connectivity index (χ3n) is 5.83. The molecule has 2 aliphatic heterocycles. The second kappa shape index (κ2) is 6.00. The van der Waals surface area contributed by atoms with Gasteiger partial charge in [0.15, 0.2) is 5.78 Å². The number of rotatable bonds is 4. The minimum atomic E-state index is -0.580. The van der Waals surface area contributed by atoms with Gasteiger partial charge in [-0.2, -0.15) is 11.8 Å². The highest BCUT2D eigenvalue weighted by Crippen LogP contribution is 2.57. The van der Waals surface area contributed by atoms with Crippen LogP contribution in [0.15, 0.2) is 30.0 Å². The fraction of sp³-hybridized carbons (Fsp3) is 0.500. The monoisotopic (exact) mass is 370 g/mol. The average molecular weight is 371 g/mol. The average Bonchev–Trinajstić information content (AvgIpc) is 3.18. The summed E-state index contributed by atoms with van der Waals surface area (Å²) in [5, 5.41) is 11.5. The lowest BCUT2D eigenvalue weighted by Crippen LogP contribution is -2.41. The van der Waals surface area contributed by atoms with Gasteiger partial charge >= 0.3 is 0 Å². The van der Waals surface area contributed by atoms with Crippen LogP contribution < -0.4 is 0 Å². The summed E-state index contributed by atoms with van der Waals surface area (Å²) in [6, 6.07) is 4.16. The molecular weight excluding hydrogens is 344 g/mol. The van der Waals surface area contributed by atoms with Gasteiger partial charge in [-0.3, -0.25) is 4.79 Å². The molecule has 2 heterocycles. The number of hydrogen-bond donors (Lipinski definition) is 1. The Hall–Kier alpha value is -1.52. The largest absolute Gasteiger partial charge is 0.511 e. The van der Waals surface area contributed by atoms with Crippen molar-refractivity contribution in [1.29, 1.82) is 0 Å². The lowest BCUT2D eigenvalue weighted by molar-refractivity contribution is -0.120. The molecule has 1 N–H and O–H groups in total. The zero-order valence-corrected chi connectivity index (χ0v) is 16.8. The Labute approximate surface area is 159 Å². The Balaban J connectivity index is 1.77. The fourth-order valence-corrected chi connectivity index (χ4v) is 5.83. The van der Waals surface area contributed by atoms with E-state index in [2.05, 4.69) is 39.0 Å². The van der Waals surface area contributed by atoms with Gasteiger partial charge in [-0.05, 0) is 42.7 Å². The highest BCUT2D eigenvalue weighted by Gasteiger charge is 2.64. The quantitative estimate of drug-likeness (QED) is 0.790. The molecule has 4 rings (SSSR count). The number of aliphatic hydroxyl groups is 1. The number of benzene rings is 1. The van der Waals surface area contributed by atoms with Crippen LogP contribution in [0.2, 0.25) is 0 Å². The van der Waals surface area contributed by atoms with Crippen molar-refractivity contribution in [2.24, 2.45) is 11.8 Å². The second-order valence-corrected chi connectivity index (χ2v) is 9.72. The molecule has 0 radical (unpaired) electrons. The number of Topliss-reactive ketones (excluding diaryl/α,β-unsaturated/α-hetero) is 1. The van der Waals surface area contributed by atoms with Gasteiger partial charge in [0.1, 0.15) is 11.4 Å². The van der Waals surface area contributed by atoms with Crippen molar-refractivity contribution in [1.82, 2.24) is 0 Å². The van der Waals surface area contributed by atoms with Crippen LogP contribution in [-0.4, -0.2) is 33.6 Å². The first-order chi connectivity index (χ1) is 12.2. The highest BCUT2D eigenvalue weighted by atomic mass is 32.2. The van der Waals surface area contributed by atoms with Crippen molar-refractivity contribution in [2.75, 3.05) is 5.75 Å². The number of ketones is 1. The zero-order valence-electron chi connectivity index (χ0n) is 16.0. The predicted molar refractivity (Wildman–Crippen MR) is 107 cm³/mol. The van der Waals surface area contributed by atoms with Gasteiger partial charge in [0.25, 0.3) is 0 Å². The van der Waals surface area contributed by atoms with Gasteiger partial charge in [-0.15, -0.1) is 0 Å². The Bertz CT molecular complexity index is 828. The van der Waals surface area contributed by atoms with Crippen molar-refractivity contribution in [3.63, 3.8) is 0 Å². The van der Waals surface area contributed by atoms with Crippen LogP contribution in [-0.2, 0) is 9.53 Å². The summed E-state index contributed by atoms with van der Waals surface area (Å²) in [7, 11) is 0. The highest BCUT2D eigenvalue weighted by molar-refractivity contribution is 7.99. The van der Waals surface area contributed by atoms with Crippen LogP contribution >= 0.6 is 11.8 Å². The molecule has 1 aliphatic carbocycles. The molecule has 4 atom stereocenters. The first kappa shape index (κ1) is 17.9. The van der Waals surface area contributed by atoms with Crippen LogP contribution in [0.3, 0.4) is 0 Å². The number of hydrogen-bond acceptors (Lipinski definition) is 4. The van der Waals surface area contributed by atoms with E-state index in [0.717, 1.165) is 22.4 Å². The molecule has 0 aromatic heterocycles. The van der Waals surface area contributed by atoms with Crippen LogP contribution in [0.4, 0.5) is 0 Å². The lowest BCUT2D eigenvalue weighted by atomic mass is 9.76. The van der Waals surface area contributed by atoms with Crippen LogP contribution in [0, 0.1) is 32.6 Å². The molecule has 1 fully saturated rings. The first-order valence-electron chi connectivity index (χ1n) is 9.29. The summed E-state index contributed by atoms with van der Waals surface area (Å²) in [6.07, 6.45) is 3.90. The van der Waals surface area contributed by atoms with Gasteiger partial charge < -0.3 is 9.84 Å². The molecule has 0 spiro atoms. The minimum absolute atomic E-state index is 0.0405. The molecule has 1 saturated heterocycles. The van der Waals surface area contributed by atoms with Crippen molar-refractivity contribution in [3.05, 3.63) is 52.3 Å². The predicted octanol–water partition coefficient (Wildman–Crippen LogP) is 4.55. The molecular formula is C22H26O3S. The number of aliphatic hydroxyl groups excluding tert-OH is 1. The second-order valence-electron chi connectivity index (χ2n) is 8.16. The van der Waals surface area contributed by atoms with Gasteiger partial charge in [0, 0.05) is 5.75 Å². The minimum Gasteiger partial charge on any atom is -0.511 e. The standard InChI is InChI=1S/C22H26O3S/c1-11(2)26-10-22-7-6-15(25-22)17-19(22)21(24)18(20(17)23)16-13(4)8-12(3)9-14(16)5/h6-9,11,15,17,19,23H,10H2,1-5H3/t15-,17-,19+,22-/m0/s1. The molecule has 1 aromatic carbocycles. The Morgan fingerprint density at radius 3 is 2.50 bits per heavy atom. The smallest absolute Gasteiger partial charge is 0.174 e. The molecule has 3 nitrogen and oxygen atoms in total. The van der Waals surface area contributed by atoms with Crippen molar-refractivity contribution in [3.8, 4) is 0 Å². The van der Waals surface area contributed by atoms with Crippen LogP contribution in [0.1, 0.15) is 36.1 Å². The maximum absolute atomic E-state index is 13.5. The summed E-state index contributed by atoms with van der Waals surface area (Å²) in [5.41, 5.74) is 4.10. The summed E-state index contributed by atoms with van der Waals surface area (Å²) < 4.78 is 6.24. The van der Waals surface area contributed by atoms with E-state index in [-0.39, 0.29) is 29.5 Å². The Kier molecular flexibility index (Phi) is 4.12. The van der Waals surface area contributed by atoms with Gasteiger partial charge in [0.2, 0.25) is 0 Å². The molecule has 0 amide bonds. The number of carbonyl (C=O) groups is 1. The molecule has 26 heavy (non-hydrogen) atoms. The summed E-state index contributed by atoms with van der Waals surface area (Å²) in [6.45, 7) is 10.4. The van der Waals surface area contributed by atoms with E-state index in [9.17, 15) is 9.90 Å². The fourth-order valence-electron chi connectivity index (χ4n) is 4.89. The number of allylic oxidation sites excluding steroid dienone is 1. The van der Waals surface area contributed by atoms with Crippen molar-refractivity contribution in [2.45, 2.75) is 51.6 Å². The van der Waals surface area contributed by atoms with E-state index in [0.29, 0.717) is 10.8 Å². The molecule has 138 valence electrons. The maximum atomic E-state index is 13.5. The van der Waals surface area contributed by atoms with E-state index in [1.807, 2.05) is 31.7 Å². The number of aryl methyl sites for hydroxylation is 3. The molecule has 0 saturated carbocycles. The first-order valence-corrected chi connectivity index (χ1v) is 10.3. The van der Waals surface area contributed by atoms with E-state index in [1.54, 1.807) is 0 Å². The van der Waals surface area contributed by atoms with E-state index >= 15 is 0 Å².